The largest absolute Gasteiger partial charge is 0.319 e. The van der Waals surface area contributed by atoms with E-state index in [-0.39, 0.29) is 16.2 Å². The van der Waals surface area contributed by atoms with Crippen LogP contribution in [0.2, 0.25) is 0 Å². The molecule has 0 spiro atoms. The molecule has 2 aromatic carbocycles. The highest BCUT2D eigenvalue weighted by atomic mass is 32.2. The molecule has 3 rings (SSSR count). The normalized spacial score (nSPS) is 18.4. The van der Waals surface area contributed by atoms with Crippen LogP contribution in [0, 0.1) is 5.92 Å². The Kier molecular flexibility index (Phi) is 5.32. The minimum absolute atomic E-state index is 0.0916. The third kappa shape index (κ3) is 3.66. The van der Waals surface area contributed by atoms with Gasteiger partial charge >= 0.3 is 0 Å². The predicted octanol–water partition coefficient (Wildman–Crippen LogP) is 2.15. The molecule has 1 aliphatic heterocycles. The Hall–Kier alpha value is -2.02. The van der Waals surface area contributed by atoms with Crippen molar-refractivity contribution >= 4 is 15.8 Å². The van der Waals surface area contributed by atoms with Gasteiger partial charge in [-0.3, -0.25) is 4.79 Å². The molecule has 132 valence electrons. The maximum atomic E-state index is 13.1. The Morgan fingerprint density at radius 2 is 1.80 bits per heavy atom. The number of ketones is 1. The molecule has 1 N–H and O–H groups in total. The van der Waals surface area contributed by atoms with Crippen LogP contribution in [0.1, 0.15) is 22.3 Å². The standard InChI is InChI=1S/C19H22N2O3S/c1-20-13-15-11-12-21(14-15)25(23,24)18-10-6-5-9-17(18)19(22)16-7-3-2-4-8-16/h2-10,15,20H,11-14H2,1H3. The number of sulfonamides is 1. The Balaban J connectivity index is 1.94. The van der Waals surface area contributed by atoms with E-state index in [0.29, 0.717) is 24.6 Å². The maximum absolute atomic E-state index is 13.1. The van der Waals surface area contributed by atoms with Gasteiger partial charge in [0.2, 0.25) is 10.0 Å². The van der Waals surface area contributed by atoms with Crippen LogP contribution in [0.5, 0.6) is 0 Å². The van der Waals surface area contributed by atoms with Gasteiger partial charge in [-0.2, -0.15) is 4.31 Å². The summed E-state index contributed by atoms with van der Waals surface area (Å²) >= 11 is 0. The van der Waals surface area contributed by atoms with Crippen molar-refractivity contribution in [2.45, 2.75) is 11.3 Å². The molecule has 1 saturated heterocycles. The first-order valence-electron chi connectivity index (χ1n) is 8.37. The average molecular weight is 358 g/mol. The topological polar surface area (TPSA) is 66.5 Å². The lowest BCUT2D eigenvalue weighted by Gasteiger charge is -2.18. The van der Waals surface area contributed by atoms with Crippen molar-refractivity contribution in [2.75, 3.05) is 26.7 Å². The molecule has 25 heavy (non-hydrogen) atoms. The molecule has 0 bridgehead atoms. The van der Waals surface area contributed by atoms with E-state index >= 15 is 0 Å². The SMILES string of the molecule is CNCC1CCN(S(=O)(=O)c2ccccc2C(=O)c2ccccc2)C1. The van der Waals surface area contributed by atoms with E-state index in [2.05, 4.69) is 5.32 Å². The number of rotatable bonds is 6. The first-order chi connectivity index (χ1) is 12.0. The zero-order chi connectivity index (χ0) is 17.9. The van der Waals surface area contributed by atoms with E-state index < -0.39 is 10.0 Å². The summed E-state index contributed by atoms with van der Waals surface area (Å²) in [5, 5.41) is 3.10. The van der Waals surface area contributed by atoms with Gasteiger partial charge in [0, 0.05) is 24.2 Å². The van der Waals surface area contributed by atoms with Crippen molar-refractivity contribution in [3.63, 3.8) is 0 Å². The zero-order valence-electron chi connectivity index (χ0n) is 14.2. The van der Waals surface area contributed by atoms with Crippen LogP contribution in [0.25, 0.3) is 0 Å². The summed E-state index contributed by atoms with van der Waals surface area (Å²) in [7, 11) is -1.82. The highest BCUT2D eigenvalue weighted by molar-refractivity contribution is 7.89. The molecular formula is C19H22N2O3S. The van der Waals surface area contributed by atoms with Gasteiger partial charge in [-0.05, 0) is 38.1 Å². The van der Waals surface area contributed by atoms with Crippen molar-refractivity contribution in [3.8, 4) is 0 Å². The molecule has 0 aromatic heterocycles. The summed E-state index contributed by atoms with van der Waals surface area (Å²) in [5.41, 5.74) is 0.713. The number of benzene rings is 2. The molecule has 0 radical (unpaired) electrons. The van der Waals surface area contributed by atoms with Crippen LogP contribution < -0.4 is 5.32 Å². The van der Waals surface area contributed by atoms with Crippen LogP contribution in [0.4, 0.5) is 0 Å². The summed E-state index contributed by atoms with van der Waals surface area (Å²) in [6.45, 7) is 1.76. The fourth-order valence-corrected chi connectivity index (χ4v) is 4.95. The average Bonchev–Trinajstić information content (AvgIpc) is 3.12. The van der Waals surface area contributed by atoms with E-state index in [1.54, 1.807) is 42.5 Å². The lowest BCUT2D eigenvalue weighted by atomic mass is 10.0. The predicted molar refractivity (Wildman–Crippen MR) is 97.1 cm³/mol. The zero-order valence-corrected chi connectivity index (χ0v) is 15.0. The monoisotopic (exact) mass is 358 g/mol. The second-order valence-corrected chi connectivity index (χ2v) is 8.17. The summed E-state index contributed by atoms with van der Waals surface area (Å²) in [6, 6.07) is 15.2. The summed E-state index contributed by atoms with van der Waals surface area (Å²) in [5.74, 6) is 0.0301. The van der Waals surface area contributed by atoms with Crippen LogP contribution in [-0.4, -0.2) is 45.2 Å². The maximum Gasteiger partial charge on any atom is 0.243 e. The van der Waals surface area contributed by atoms with Crippen molar-refractivity contribution in [2.24, 2.45) is 5.92 Å². The van der Waals surface area contributed by atoms with Crippen molar-refractivity contribution in [1.29, 1.82) is 0 Å². The van der Waals surface area contributed by atoms with Gasteiger partial charge in [-0.25, -0.2) is 8.42 Å². The van der Waals surface area contributed by atoms with E-state index in [1.807, 2.05) is 13.1 Å². The van der Waals surface area contributed by atoms with Crippen LogP contribution in [-0.2, 0) is 10.0 Å². The third-order valence-corrected chi connectivity index (χ3v) is 6.45. The second-order valence-electron chi connectivity index (χ2n) is 6.27. The van der Waals surface area contributed by atoms with Gasteiger partial charge < -0.3 is 5.32 Å². The molecule has 5 nitrogen and oxygen atoms in total. The van der Waals surface area contributed by atoms with Crippen molar-refractivity contribution < 1.29 is 13.2 Å². The quantitative estimate of drug-likeness (QED) is 0.804. The number of carbonyl (C=O) groups is 1. The van der Waals surface area contributed by atoms with Crippen LogP contribution >= 0.6 is 0 Å². The van der Waals surface area contributed by atoms with E-state index in [4.69, 9.17) is 0 Å². The molecule has 1 fully saturated rings. The Bertz CT molecular complexity index is 850. The number of nitrogens with one attached hydrogen (secondary N) is 1. The first kappa shape index (κ1) is 17.8. The molecule has 1 heterocycles. The van der Waals surface area contributed by atoms with Gasteiger partial charge in [0.1, 0.15) is 0 Å². The molecule has 1 aliphatic rings. The Morgan fingerprint density at radius 3 is 2.52 bits per heavy atom. The van der Waals surface area contributed by atoms with Gasteiger partial charge in [0.05, 0.1) is 4.90 Å². The van der Waals surface area contributed by atoms with E-state index in [9.17, 15) is 13.2 Å². The van der Waals surface area contributed by atoms with Gasteiger partial charge in [0.25, 0.3) is 0 Å². The van der Waals surface area contributed by atoms with Crippen LogP contribution in [0.3, 0.4) is 0 Å². The Labute approximate surface area is 148 Å². The van der Waals surface area contributed by atoms with Gasteiger partial charge in [-0.15, -0.1) is 0 Å². The molecule has 0 saturated carbocycles. The van der Waals surface area contributed by atoms with E-state index in [1.165, 1.54) is 10.4 Å². The molecule has 1 atom stereocenters. The number of nitrogens with zero attached hydrogens (tertiary/aromatic N) is 1. The molecule has 1 unspecified atom stereocenters. The van der Waals surface area contributed by atoms with E-state index in [0.717, 1.165) is 13.0 Å². The fraction of sp³-hybridized carbons (Fsp3) is 0.316. The number of hydrogen-bond donors (Lipinski definition) is 1. The van der Waals surface area contributed by atoms with Crippen LogP contribution in [0.15, 0.2) is 59.5 Å². The minimum atomic E-state index is -3.69. The highest BCUT2D eigenvalue weighted by Gasteiger charge is 2.34. The number of carbonyl (C=O) groups excluding carboxylic acids is 1. The van der Waals surface area contributed by atoms with Crippen molar-refractivity contribution in [3.05, 3.63) is 65.7 Å². The summed E-state index contributed by atoms with van der Waals surface area (Å²) in [4.78, 5) is 12.9. The third-order valence-electron chi connectivity index (χ3n) is 4.53. The highest BCUT2D eigenvalue weighted by Crippen LogP contribution is 2.27. The lowest BCUT2D eigenvalue weighted by molar-refractivity contribution is 0.103. The van der Waals surface area contributed by atoms with Gasteiger partial charge in [0.15, 0.2) is 5.78 Å². The Morgan fingerprint density at radius 1 is 1.12 bits per heavy atom. The molecule has 2 aromatic rings. The smallest absolute Gasteiger partial charge is 0.243 e. The lowest BCUT2D eigenvalue weighted by Crippen LogP contribution is -2.31. The van der Waals surface area contributed by atoms with Crippen molar-refractivity contribution in [1.82, 2.24) is 9.62 Å². The number of hydrogen-bond acceptors (Lipinski definition) is 4. The molecule has 6 heteroatoms. The first-order valence-corrected chi connectivity index (χ1v) is 9.81. The molecular weight excluding hydrogens is 336 g/mol. The summed E-state index contributed by atoms with van der Waals surface area (Å²) in [6.07, 6.45) is 0.828. The minimum Gasteiger partial charge on any atom is -0.319 e. The fourth-order valence-electron chi connectivity index (χ4n) is 3.23. The molecule has 0 amide bonds. The molecule has 0 aliphatic carbocycles. The van der Waals surface area contributed by atoms with Gasteiger partial charge in [-0.1, -0.05) is 42.5 Å². The second kappa shape index (κ2) is 7.47. The summed E-state index contributed by atoms with van der Waals surface area (Å²) < 4.78 is 27.7.